The fourth-order valence-corrected chi connectivity index (χ4v) is 2.09. The molecule has 90 valence electrons. The normalized spacial score (nSPS) is 25.8. The van der Waals surface area contributed by atoms with Crippen LogP contribution in [0, 0.1) is 0 Å². The van der Waals surface area contributed by atoms with Crippen LogP contribution in [0.15, 0.2) is 0 Å². The van der Waals surface area contributed by atoms with Crippen LogP contribution in [0.1, 0.15) is 26.7 Å². The van der Waals surface area contributed by atoms with Gasteiger partial charge in [0.2, 0.25) is 0 Å². The van der Waals surface area contributed by atoms with E-state index < -0.39 is 0 Å². The summed E-state index contributed by atoms with van der Waals surface area (Å²) in [6.07, 6.45) is 2.09. The average molecular weight is 216 g/mol. The smallest absolute Gasteiger partial charge is 0.0664 e. The number of hydrogen-bond donors (Lipinski definition) is 3. The Morgan fingerprint density at radius 3 is 2.67 bits per heavy atom. The first-order chi connectivity index (χ1) is 7.15. The third-order valence-corrected chi connectivity index (χ3v) is 3.28. The molecule has 3 unspecified atom stereocenters. The van der Waals surface area contributed by atoms with E-state index in [9.17, 15) is 5.11 Å². The van der Waals surface area contributed by atoms with Crippen molar-refractivity contribution in [1.82, 2.24) is 10.2 Å². The van der Waals surface area contributed by atoms with Crippen molar-refractivity contribution >= 4 is 0 Å². The van der Waals surface area contributed by atoms with Crippen LogP contribution in [0.25, 0.3) is 0 Å². The first-order valence-corrected chi connectivity index (χ1v) is 5.91. The topological polar surface area (TPSA) is 55.7 Å². The number of aliphatic hydroxyl groups excluding tert-OH is 2. The molecule has 3 atom stereocenters. The lowest BCUT2D eigenvalue weighted by atomic mass is 10.1. The largest absolute Gasteiger partial charge is 0.395 e. The lowest BCUT2D eigenvalue weighted by molar-refractivity contribution is 0.0545. The van der Waals surface area contributed by atoms with Gasteiger partial charge in [-0.1, -0.05) is 0 Å². The molecular formula is C11H24N2O2. The molecule has 0 amide bonds. The number of nitrogens with one attached hydrogen (secondary N) is 1. The maximum Gasteiger partial charge on any atom is 0.0664 e. The van der Waals surface area contributed by atoms with Crippen LogP contribution in [0.3, 0.4) is 0 Å². The Balaban J connectivity index is 2.41. The summed E-state index contributed by atoms with van der Waals surface area (Å²) in [4.78, 5) is 2.16. The Morgan fingerprint density at radius 2 is 2.20 bits per heavy atom. The van der Waals surface area contributed by atoms with Gasteiger partial charge in [0.25, 0.3) is 0 Å². The van der Waals surface area contributed by atoms with Gasteiger partial charge >= 0.3 is 0 Å². The van der Waals surface area contributed by atoms with Crippen molar-refractivity contribution in [1.29, 1.82) is 0 Å². The van der Waals surface area contributed by atoms with E-state index >= 15 is 0 Å². The molecule has 1 rings (SSSR count). The minimum absolute atomic E-state index is 0.111. The van der Waals surface area contributed by atoms with Crippen molar-refractivity contribution in [2.75, 3.05) is 26.2 Å². The number of aliphatic hydroxyl groups is 2. The molecule has 0 radical (unpaired) electrons. The van der Waals surface area contributed by atoms with E-state index in [4.69, 9.17) is 5.11 Å². The highest BCUT2D eigenvalue weighted by molar-refractivity contribution is 4.81. The summed E-state index contributed by atoms with van der Waals surface area (Å²) in [6, 6.07) is 0.636. The number of hydrogen-bond acceptors (Lipinski definition) is 4. The fourth-order valence-electron chi connectivity index (χ4n) is 2.09. The molecule has 1 fully saturated rings. The van der Waals surface area contributed by atoms with Gasteiger partial charge in [0, 0.05) is 25.2 Å². The van der Waals surface area contributed by atoms with Gasteiger partial charge in [-0.05, 0) is 33.2 Å². The summed E-state index contributed by atoms with van der Waals surface area (Å²) in [7, 11) is 0. The van der Waals surface area contributed by atoms with Crippen molar-refractivity contribution in [3.05, 3.63) is 0 Å². The monoisotopic (exact) mass is 216 g/mol. The van der Waals surface area contributed by atoms with E-state index in [2.05, 4.69) is 10.2 Å². The van der Waals surface area contributed by atoms with Crippen LogP contribution in [-0.4, -0.2) is 59.5 Å². The van der Waals surface area contributed by atoms with Crippen molar-refractivity contribution in [2.45, 2.75) is 44.9 Å². The minimum atomic E-state index is -0.349. The Morgan fingerprint density at radius 1 is 1.47 bits per heavy atom. The van der Waals surface area contributed by atoms with Gasteiger partial charge in [0.15, 0.2) is 0 Å². The zero-order chi connectivity index (χ0) is 11.3. The summed E-state index contributed by atoms with van der Waals surface area (Å²) >= 11 is 0. The maximum atomic E-state index is 9.55. The second kappa shape index (κ2) is 6.43. The zero-order valence-corrected chi connectivity index (χ0v) is 9.82. The van der Waals surface area contributed by atoms with Crippen LogP contribution in [0.2, 0.25) is 0 Å². The molecule has 4 heteroatoms. The quantitative estimate of drug-likeness (QED) is 0.576. The van der Waals surface area contributed by atoms with Crippen LogP contribution in [-0.2, 0) is 0 Å². The van der Waals surface area contributed by atoms with E-state index in [0.717, 1.165) is 13.1 Å². The molecule has 0 aliphatic carbocycles. The molecule has 3 N–H and O–H groups in total. The molecule has 0 saturated carbocycles. The van der Waals surface area contributed by atoms with Gasteiger partial charge < -0.3 is 15.5 Å². The van der Waals surface area contributed by atoms with E-state index in [-0.39, 0.29) is 18.8 Å². The fraction of sp³-hybridized carbons (Fsp3) is 1.00. The van der Waals surface area contributed by atoms with E-state index in [1.165, 1.54) is 12.8 Å². The Bertz CT molecular complexity index is 170. The minimum Gasteiger partial charge on any atom is -0.395 e. The second-order valence-corrected chi connectivity index (χ2v) is 4.49. The summed E-state index contributed by atoms with van der Waals surface area (Å²) in [5.41, 5.74) is 0. The van der Waals surface area contributed by atoms with Crippen LogP contribution >= 0.6 is 0 Å². The molecule has 0 bridgehead atoms. The molecule has 1 aliphatic heterocycles. The summed E-state index contributed by atoms with van der Waals surface area (Å²) in [5, 5.41) is 22.0. The summed E-state index contributed by atoms with van der Waals surface area (Å²) in [6.45, 7) is 6.63. The summed E-state index contributed by atoms with van der Waals surface area (Å²) < 4.78 is 0. The van der Waals surface area contributed by atoms with Crippen molar-refractivity contribution in [3.8, 4) is 0 Å². The third-order valence-electron chi connectivity index (χ3n) is 3.28. The Labute approximate surface area is 92.3 Å². The molecule has 0 spiro atoms. The van der Waals surface area contributed by atoms with Gasteiger partial charge in [0.05, 0.1) is 12.7 Å². The highest BCUT2D eigenvalue weighted by atomic mass is 16.3. The molecule has 4 nitrogen and oxygen atoms in total. The van der Waals surface area contributed by atoms with Crippen LogP contribution in [0.4, 0.5) is 0 Å². The second-order valence-electron chi connectivity index (χ2n) is 4.49. The van der Waals surface area contributed by atoms with Gasteiger partial charge in [-0.3, -0.25) is 4.90 Å². The molecule has 0 aromatic rings. The first-order valence-electron chi connectivity index (χ1n) is 5.91. The SMILES string of the molecule is CC(O)C(C)N(CCO)CC1CCCN1. The predicted octanol–water partition coefficient (Wildman–Crippen LogP) is -0.198. The number of nitrogens with zero attached hydrogens (tertiary/aromatic N) is 1. The lowest BCUT2D eigenvalue weighted by Crippen LogP contribution is -2.47. The van der Waals surface area contributed by atoms with Gasteiger partial charge in [-0.25, -0.2) is 0 Å². The molecule has 1 heterocycles. The van der Waals surface area contributed by atoms with E-state index in [1.54, 1.807) is 6.92 Å². The molecule has 15 heavy (non-hydrogen) atoms. The van der Waals surface area contributed by atoms with Crippen LogP contribution in [0.5, 0.6) is 0 Å². The average Bonchev–Trinajstić information content (AvgIpc) is 2.68. The van der Waals surface area contributed by atoms with Gasteiger partial charge in [-0.2, -0.15) is 0 Å². The first kappa shape index (κ1) is 12.9. The van der Waals surface area contributed by atoms with Crippen LogP contribution < -0.4 is 5.32 Å². The van der Waals surface area contributed by atoms with Gasteiger partial charge in [0.1, 0.15) is 0 Å². The molecule has 1 saturated heterocycles. The third kappa shape index (κ3) is 4.07. The number of rotatable bonds is 6. The molecule has 1 aliphatic rings. The summed E-state index contributed by atoms with van der Waals surface area (Å²) in [5.74, 6) is 0. The lowest BCUT2D eigenvalue weighted by Gasteiger charge is -2.32. The maximum absolute atomic E-state index is 9.55. The highest BCUT2D eigenvalue weighted by Crippen LogP contribution is 2.10. The predicted molar refractivity (Wildman–Crippen MR) is 60.8 cm³/mol. The zero-order valence-electron chi connectivity index (χ0n) is 9.82. The molecule has 0 aromatic carbocycles. The van der Waals surface area contributed by atoms with Crippen molar-refractivity contribution in [2.24, 2.45) is 0 Å². The van der Waals surface area contributed by atoms with E-state index in [0.29, 0.717) is 12.6 Å². The van der Waals surface area contributed by atoms with Gasteiger partial charge in [-0.15, -0.1) is 0 Å². The Kier molecular flexibility index (Phi) is 5.53. The molecular weight excluding hydrogens is 192 g/mol. The van der Waals surface area contributed by atoms with Crippen molar-refractivity contribution < 1.29 is 10.2 Å². The highest BCUT2D eigenvalue weighted by Gasteiger charge is 2.23. The molecule has 0 aromatic heterocycles. The van der Waals surface area contributed by atoms with Crippen molar-refractivity contribution in [3.63, 3.8) is 0 Å². The standard InChI is InChI=1S/C11H24N2O2/c1-9(10(2)15)13(6-7-14)8-11-4-3-5-12-11/h9-12,14-15H,3-8H2,1-2H3. The Hall–Kier alpha value is -0.160. The van der Waals surface area contributed by atoms with E-state index in [1.807, 2.05) is 6.92 Å².